The van der Waals surface area contributed by atoms with Gasteiger partial charge in [-0.25, -0.2) is 0 Å². The van der Waals surface area contributed by atoms with Crippen LogP contribution in [0.1, 0.15) is 19.4 Å². The van der Waals surface area contributed by atoms with Crippen molar-refractivity contribution in [1.29, 1.82) is 0 Å². The summed E-state index contributed by atoms with van der Waals surface area (Å²) in [5, 5.41) is 11.0. The van der Waals surface area contributed by atoms with Crippen LogP contribution in [0.2, 0.25) is 0 Å². The van der Waals surface area contributed by atoms with Gasteiger partial charge in [0, 0.05) is 12.1 Å². The number of nitro groups is 1. The van der Waals surface area contributed by atoms with Crippen LogP contribution in [0.3, 0.4) is 0 Å². The van der Waals surface area contributed by atoms with Crippen LogP contribution in [-0.4, -0.2) is 11.0 Å². The van der Waals surface area contributed by atoms with E-state index in [1.54, 1.807) is 18.2 Å². The molecule has 1 aliphatic rings. The number of rotatable bonds is 2. The first-order chi connectivity index (χ1) is 9.00. The fourth-order valence-electron chi connectivity index (χ4n) is 2.05. The van der Waals surface area contributed by atoms with Crippen LogP contribution in [0.15, 0.2) is 53.1 Å². The molecule has 98 valence electrons. The van der Waals surface area contributed by atoms with E-state index < -0.39 is 0 Å². The van der Waals surface area contributed by atoms with Crippen molar-refractivity contribution in [2.24, 2.45) is 5.73 Å². The van der Waals surface area contributed by atoms with Crippen LogP contribution in [0.25, 0.3) is 6.08 Å². The molecule has 4 heteroatoms. The van der Waals surface area contributed by atoms with Crippen molar-refractivity contribution in [3.63, 3.8) is 0 Å². The van der Waals surface area contributed by atoms with Gasteiger partial charge in [-0.2, -0.15) is 0 Å². The molecule has 0 spiro atoms. The second-order valence-electron chi connectivity index (χ2n) is 4.61. The number of nitrogens with two attached hydrogens (primary N) is 1. The van der Waals surface area contributed by atoms with E-state index in [1.807, 2.05) is 32.1 Å². The van der Waals surface area contributed by atoms with Gasteiger partial charge >= 0.3 is 0 Å². The fourth-order valence-corrected chi connectivity index (χ4v) is 2.05. The van der Waals surface area contributed by atoms with Gasteiger partial charge in [0.25, 0.3) is 5.69 Å². The van der Waals surface area contributed by atoms with E-state index in [-0.39, 0.29) is 16.7 Å². The lowest BCUT2D eigenvalue weighted by molar-refractivity contribution is -0.385. The lowest BCUT2D eigenvalue weighted by Crippen LogP contribution is -2.21. The molecule has 0 heterocycles. The molecule has 1 aromatic rings. The molecule has 0 aliphatic heterocycles. The van der Waals surface area contributed by atoms with Crippen molar-refractivity contribution in [3.05, 3.63) is 68.8 Å². The van der Waals surface area contributed by atoms with Gasteiger partial charge in [0.2, 0.25) is 0 Å². The lowest BCUT2D eigenvalue weighted by Gasteiger charge is -2.18. The molecule has 1 aromatic carbocycles. The Morgan fingerprint density at radius 3 is 2.68 bits per heavy atom. The molecule has 2 rings (SSSR count). The lowest BCUT2D eigenvalue weighted by atomic mass is 9.90. The van der Waals surface area contributed by atoms with E-state index in [0.717, 1.165) is 16.7 Å². The average molecular weight is 256 g/mol. The fraction of sp³-hybridized carbons (Fsp3) is 0.200. The monoisotopic (exact) mass is 256 g/mol. The number of benzene rings is 1. The number of nitro benzene ring substituents is 1. The van der Waals surface area contributed by atoms with E-state index in [2.05, 4.69) is 0 Å². The number of hydrogen-bond donors (Lipinski definition) is 1. The van der Waals surface area contributed by atoms with Gasteiger partial charge < -0.3 is 5.73 Å². The van der Waals surface area contributed by atoms with Crippen LogP contribution in [0.5, 0.6) is 0 Å². The highest BCUT2D eigenvalue weighted by atomic mass is 16.6. The zero-order chi connectivity index (χ0) is 14.0. The highest BCUT2D eigenvalue weighted by molar-refractivity contribution is 5.69. The maximum Gasteiger partial charge on any atom is 0.276 e. The van der Waals surface area contributed by atoms with Gasteiger partial charge in [-0.3, -0.25) is 10.1 Å². The number of hydrogen-bond acceptors (Lipinski definition) is 3. The third-order valence-corrected chi connectivity index (χ3v) is 3.45. The molecular weight excluding hydrogens is 240 g/mol. The predicted molar refractivity (Wildman–Crippen MR) is 76.6 cm³/mol. The minimum Gasteiger partial charge on any atom is -0.321 e. The Kier molecular flexibility index (Phi) is 3.62. The Morgan fingerprint density at radius 1 is 1.32 bits per heavy atom. The number of allylic oxidation sites excluding steroid dienone is 3. The number of para-hydroxylation sites is 1. The Balaban J connectivity index is 2.49. The first kappa shape index (κ1) is 13.2. The zero-order valence-electron chi connectivity index (χ0n) is 11.0. The molecule has 0 saturated carbocycles. The molecule has 0 radical (unpaired) electrons. The molecule has 0 amide bonds. The van der Waals surface area contributed by atoms with Crippen molar-refractivity contribution in [3.8, 4) is 0 Å². The van der Waals surface area contributed by atoms with Crippen LogP contribution < -0.4 is 5.73 Å². The summed E-state index contributed by atoms with van der Waals surface area (Å²) >= 11 is 0. The highest BCUT2D eigenvalue weighted by Gasteiger charge is 2.15. The molecule has 1 atom stereocenters. The van der Waals surface area contributed by atoms with Crippen molar-refractivity contribution in [1.82, 2.24) is 0 Å². The second-order valence-corrected chi connectivity index (χ2v) is 4.61. The van der Waals surface area contributed by atoms with E-state index in [4.69, 9.17) is 5.73 Å². The highest BCUT2D eigenvalue weighted by Crippen LogP contribution is 2.28. The van der Waals surface area contributed by atoms with Gasteiger partial charge in [-0.1, -0.05) is 24.3 Å². The Hall–Kier alpha value is -2.20. The summed E-state index contributed by atoms with van der Waals surface area (Å²) in [6.07, 6.45) is 5.66. The predicted octanol–water partition coefficient (Wildman–Crippen LogP) is 3.21. The molecule has 0 saturated heterocycles. The molecular formula is C15H16N2O2. The van der Waals surface area contributed by atoms with Crippen molar-refractivity contribution in [2.75, 3.05) is 0 Å². The molecule has 1 aliphatic carbocycles. The molecule has 0 aromatic heterocycles. The van der Waals surface area contributed by atoms with Crippen LogP contribution in [0, 0.1) is 10.1 Å². The van der Waals surface area contributed by atoms with E-state index >= 15 is 0 Å². The van der Waals surface area contributed by atoms with Gasteiger partial charge in [-0.15, -0.1) is 0 Å². The van der Waals surface area contributed by atoms with Crippen LogP contribution in [0.4, 0.5) is 5.69 Å². The molecule has 0 bridgehead atoms. The van der Waals surface area contributed by atoms with Crippen molar-refractivity contribution < 1.29 is 4.92 Å². The first-order valence-corrected chi connectivity index (χ1v) is 6.07. The maximum atomic E-state index is 11.0. The minimum atomic E-state index is -0.365. The molecule has 1 unspecified atom stereocenters. The van der Waals surface area contributed by atoms with Gasteiger partial charge in [-0.05, 0) is 42.7 Å². The minimum absolute atomic E-state index is 0.0668. The third-order valence-electron chi connectivity index (χ3n) is 3.45. The summed E-state index contributed by atoms with van der Waals surface area (Å²) < 4.78 is 0. The molecule has 19 heavy (non-hydrogen) atoms. The van der Waals surface area contributed by atoms with Gasteiger partial charge in [0.15, 0.2) is 0 Å². The molecule has 0 fully saturated rings. The van der Waals surface area contributed by atoms with Crippen LogP contribution in [-0.2, 0) is 0 Å². The molecule has 4 nitrogen and oxygen atoms in total. The first-order valence-electron chi connectivity index (χ1n) is 6.07. The van der Waals surface area contributed by atoms with Gasteiger partial charge in [0.1, 0.15) is 0 Å². The topological polar surface area (TPSA) is 69.2 Å². The Bertz CT molecular complexity index is 612. The van der Waals surface area contributed by atoms with Gasteiger partial charge in [0.05, 0.1) is 10.5 Å². The summed E-state index contributed by atoms with van der Waals surface area (Å²) in [6.45, 7) is 3.97. The maximum absolute atomic E-state index is 11.0. The Labute approximate surface area is 112 Å². The summed E-state index contributed by atoms with van der Waals surface area (Å²) in [7, 11) is 0. The summed E-state index contributed by atoms with van der Waals surface area (Å²) in [5.41, 5.74) is 9.78. The zero-order valence-corrected chi connectivity index (χ0v) is 11.0. The van der Waals surface area contributed by atoms with E-state index in [1.165, 1.54) is 6.07 Å². The summed E-state index contributed by atoms with van der Waals surface area (Å²) in [4.78, 5) is 10.6. The SMILES string of the molecule is CC1=C(C)C(N)C=C/C1=C\c1ccccc1[N+](=O)[O-]. The van der Waals surface area contributed by atoms with Crippen molar-refractivity contribution >= 4 is 11.8 Å². The summed E-state index contributed by atoms with van der Waals surface area (Å²) in [6, 6.07) is 6.65. The smallest absolute Gasteiger partial charge is 0.276 e. The number of nitrogens with zero attached hydrogens (tertiary/aromatic N) is 1. The third kappa shape index (κ3) is 2.63. The van der Waals surface area contributed by atoms with E-state index in [0.29, 0.717) is 5.56 Å². The largest absolute Gasteiger partial charge is 0.321 e. The second kappa shape index (κ2) is 5.20. The summed E-state index contributed by atoms with van der Waals surface area (Å²) in [5.74, 6) is 0. The average Bonchev–Trinajstić information content (AvgIpc) is 2.40. The standard InChI is InChI=1S/C15H16N2O2/c1-10-11(2)14(16)8-7-12(10)9-13-5-3-4-6-15(13)17(18)19/h3-9,14H,16H2,1-2H3/b12-9+. The van der Waals surface area contributed by atoms with E-state index in [9.17, 15) is 10.1 Å². The normalized spacial score (nSPS) is 21.0. The van der Waals surface area contributed by atoms with Crippen LogP contribution >= 0.6 is 0 Å². The Morgan fingerprint density at radius 2 is 2.00 bits per heavy atom. The quantitative estimate of drug-likeness (QED) is 0.652. The van der Waals surface area contributed by atoms with Crippen molar-refractivity contribution in [2.45, 2.75) is 19.9 Å². The molecule has 2 N–H and O–H groups in total.